The number of fused-ring (bicyclic) bond motifs is 1. The molecular weight excluding hydrogens is 626 g/mol. The van der Waals surface area contributed by atoms with Gasteiger partial charge in [0.2, 0.25) is 5.95 Å². The number of carbonyl (C=O) groups is 2. The van der Waals surface area contributed by atoms with Crippen LogP contribution < -0.4 is 20.4 Å². The lowest BCUT2D eigenvalue weighted by Gasteiger charge is -2.34. The maximum Gasteiger partial charge on any atom is 0.416 e. The Hall–Kier alpha value is -4.75. The van der Waals surface area contributed by atoms with Crippen LogP contribution in [0.25, 0.3) is 0 Å². The lowest BCUT2D eigenvalue weighted by molar-refractivity contribution is -0.137. The van der Waals surface area contributed by atoms with Crippen LogP contribution in [0, 0.1) is 5.82 Å². The van der Waals surface area contributed by atoms with Crippen molar-refractivity contribution in [3.05, 3.63) is 100 Å². The predicted octanol–water partition coefficient (Wildman–Crippen LogP) is 6.24. The molecular formula is C32H28ClF4N7O2. The first-order valence-corrected chi connectivity index (χ1v) is 14.8. The molecule has 0 bridgehead atoms. The highest BCUT2D eigenvalue weighted by atomic mass is 35.5. The molecule has 3 aromatic carbocycles. The minimum atomic E-state index is -4.59. The van der Waals surface area contributed by atoms with Crippen molar-refractivity contribution >= 4 is 52.1 Å². The van der Waals surface area contributed by atoms with Gasteiger partial charge in [0.15, 0.2) is 0 Å². The molecule has 0 atom stereocenters. The molecule has 2 N–H and O–H groups in total. The van der Waals surface area contributed by atoms with E-state index in [-0.39, 0.29) is 40.1 Å². The molecule has 4 aromatic rings. The minimum absolute atomic E-state index is 0.176. The minimum Gasteiger partial charge on any atom is -0.367 e. The highest BCUT2D eigenvalue weighted by Crippen LogP contribution is 2.34. The highest BCUT2D eigenvalue weighted by Gasteiger charge is 2.31. The molecule has 2 amide bonds. The molecule has 14 heteroatoms. The zero-order valence-corrected chi connectivity index (χ0v) is 25.3. The molecule has 2 aliphatic heterocycles. The van der Waals surface area contributed by atoms with Crippen molar-refractivity contribution in [3.63, 3.8) is 0 Å². The smallest absolute Gasteiger partial charge is 0.367 e. The van der Waals surface area contributed by atoms with E-state index in [2.05, 4.69) is 25.5 Å². The van der Waals surface area contributed by atoms with Crippen LogP contribution in [0.2, 0.25) is 5.02 Å². The predicted molar refractivity (Wildman–Crippen MR) is 168 cm³/mol. The second-order valence-corrected chi connectivity index (χ2v) is 11.4. The van der Waals surface area contributed by atoms with Crippen molar-refractivity contribution < 1.29 is 27.2 Å². The molecule has 6 rings (SSSR count). The number of benzene rings is 3. The van der Waals surface area contributed by atoms with Crippen LogP contribution in [0.1, 0.15) is 32.0 Å². The van der Waals surface area contributed by atoms with Crippen molar-refractivity contribution in [2.45, 2.75) is 12.6 Å². The van der Waals surface area contributed by atoms with Gasteiger partial charge in [-0.05, 0) is 61.6 Å². The Kier molecular flexibility index (Phi) is 8.53. The number of anilines is 5. The van der Waals surface area contributed by atoms with Crippen LogP contribution in [0.3, 0.4) is 0 Å². The third-order valence-corrected chi connectivity index (χ3v) is 8.23. The number of nitrogens with one attached hydrogen (secondary N) is 2. The average molecular weight is 654 g/mol. The fourth-order valence-electron chi connectivity index (χ4n) is 5.40. The van der Waals surface area contributed by atoms with Gasteiger partial charge in [0, 0.05) is 62.3 Å². The van der Waals surface area contributed by atoms with Gasteiger partial charge < -0.3 is 25.3 Å². The molecule has 2 aliphatic rings. The number of halogens is 5. The number of rotatable bonds is 6. The zero-order chi connectivity index (χ0) is 32.6. The summed E-state index contributed by atoms with van der Waals surface area (Å²) in [5.74, 6) is -1.32. The van der Waals surface area contributed by atoms with E-state index in [1.165, 1.54) is 41.4 Å². The van der Waals surface area contributed by atoms with Gasteiger partial charge in [0.25, 0.3) is 11.8 Å². The van der Waals surface area contributed by atoms with E-state index in [4.69, 9.17) is 11.6 Å². The fraction of sp³-hybridized carbons (Fsp3) is 0.250. The first kappa shape index (κ1) is 31.2. The van der Waals surface area contributed by atoms with E-state index in [9.17, 15) is 27.2 Å². The van der Waals surface area contributed by atoms with Crippen molar-refractivity contribution in [3.8, 4) is 0 Å². The van der Waals surface area contributed by atoms with E-state index in [0.717, 1.165) is 44.4 Å². The lowest BCUT2D eigenvalue weighted by Crippen LogP contribution is -2.44. The number of alkyl halides is 3. The molecule has 0 radical (unpaired) electrons. The van der Waals surface area contributed by atoms with Gasteiger partial charge in [-0.15, -0.1) is 0 Å². The zero-order valence-electron chi connectivity index (χ0n) is 24.5. The van der Waals surface area contributed by atoms with E-state index >= 15 is 0 Å². The van der Waals surface area contributed by atoms with Crippen LogP contribution >= 0.6 is 11.6 Å². The molecule has 9 nitrogen and oxygen atoms in total. The van der Waals surface area contributed by atoms with Gasteiger partial charge in [-0.2, -0.15) is 13.2 Å². The monoisotopic (exact) mass is 653 g/mol. The van der Waals surface area contributed by atoms with Gasteiger partial charge in [0.1, 0.15) is 5.82 Å². The molecule has 238 valence electrons. The summed E-state index contributed by atoms with van der Waals surface area (Å²) in [5.41, 5.74) is 1.18. The number of hydrogen-bond donors (Lipinski definition) is 2. The molecule has 0 saturated carbocycles. The van der Waals surface area contributed by atoms with Crippen molar-refractivity contribution in [1.29, 1.82) is 0 Å². The van der Waals surface area contributed by atoms with Crippen LogP contribution in [-0.2, 0) is 12.6 Å². The largest absolute Gasteiger partial charge is 0.416 e. The van der Waals surface area contributed by atoms with Crippen LogP contribution in [0.5, 0.6) is 0 Å². The summed E-state index contributed by atoms with van der Waals surface area (Å²) in [4.78, 5) is 40.6. The summed E-state index contributed by atoms with van der Waals surface area (Å²) in [6, 6.07) is 13.4. The van der Waals surface area contributed by atoms with E-state index in [1.807, 2.05) is 11.9 Å². The Morgan fingerprint density at radius 1 is 0.935 bits per heavy atom. The first-order valence-electron chi connectivity index (χ1n) is 14.4. The Bertz CT molecular complexity index is 1810. The van der Waals surface area contributed by atoms with E-state index < -0.39 is 23.6 Å². The molecule has 3 heterocycles. The highest BCUT2D eigenvalue weighted by molar-refractivity contribution is 6.34. The number of piperazine rings is 1. The topological polar surface area (TPSA) is 93.7 Å². The normalized spacial score (nSPS) is 15.5. The third-order valence-electron chi connectivity index (χ3n) is 7.91. The van der Waals surface area contributed by atoms with Crippen LogP contribution in [0.4, 0.5) is 46.3 Å². The molecule has 1 fully saturated rings. The molecule has 0 spiro atoms. The first-order chi connectivity index (χ1) is 22.0. The number of amides is 2. The fourth-order valence-corrected chi connectivity index (χ4v) is 5.62. The molecule has 46 heavy (non-hydrogen) atoms. The number of nitrogens with zero attached hydrogens (tertiary/aromatic N) is 5. The maximum atomic E-state index is 15.0. The Labute approximate surface area is 266 Å². The summed E-state index contributed by atoms with van der Waals surface area (Å²) in [7, 11) is 2.04. The van der Waals surface area contributed by atoms with Gasteiger partial charge in [-0.25, -0.2) is 14.4 Å². The Morgan fingerprint density at radius 2 is 1.70 bits per heavy atom. The van der Waals surface area contributed by atoms with Gasteiger partial charge in [-0.3, -0.25) is 9.59 Å². The van der Waals surface area contributed by atoms with Gasteiger partial charge in [-0.1, -0.05) is 17.7 Å². The van der Waals surface area contributed by atoms with Crippen LogP contribution in [0.15, 0.2) is 66.9 Å². The summed E-state index contributed by atoms with van der Waals surface area (Å²) in [5, 5.41) is 5.81. The number of likely N-dealkylation sites (N-methyl/N-ethyl adjacent to an activating group) is 1. The number of hydrogen-bond acceptors (Lipinski definition) is 7. The lowest BCUT2D eigenvalue weighted by atomic mass is 10.1. The Balaban J connectivity index is 1.15. The molecule has 0 unspecified atom stereocenters. The van der Waals surface area contributed by atoms with Crippen molar-refractivity contribution in [2.24, 2.45) is 0 Å². The summed E-state index contributed by atoms with van der Waals surface area (Å²) >= 11 is 6.43. The third kappa shape index (κ3) is 6.60. The summed E-state index contributed by atoms with van der Waals surface area (Å²) < 4.78 is 54.3. The van der Waals surface area contributed by atoms with Gasteiger partial charge >= 0.3 is 6.18 Å². The second kappa shape index (κ2) is 12.6. The molecule has 1 saturated heterocycles. The Morgan fingerprint density at radius 3 is 2.43 bits per heavy atom. The SMILES string of the molecule is CN1CCN(c2ccc(Nc3ncc4c(n3)CCN(c3cc(NC(=O)c5cccc(C(F)(F)F)c5)ccc3Cl)C4=O)cc2F)CC1. The summed E-state index contributed by atoms with van der Waals surface area (Å²) in [6.45, 7) is 3.40. The average Bonchev–Trinajstić information content (AvgIpc) is 3.03. The number of carbonyl (C=O) groups excluding carboxylic acids is 2. The van der Waals surface area contributed by atoms with Crippen molar-refractivity contribution in [2.75, 3.05) is 60.2 Å². The number of aromatic nitrogens is 2. The second-order valence-electron chi connectivity index (χ2n) is 11.0. The maximum absolute atomic E-state index is 15.0. The van der Waals surface area contributed by atoms with E-state index in [0.29, 0.717) is 29.2 Å². The van der Waals surface area contributed by atoms with Gasteiger partial charge in [0.05, 0.1) is 33.2 Å². The quantitative estimate of drug-likeness (QED) is 0.238. The van der Waals surface area contributed by atoms with E-state index in [1.54, 1.807) is 12.1 Å². The molecule has 1 aromatic heterocycles. The summed E-state index contributed by atoms with van der Waals surface area (Å²) in [6.07, 6.45) is -2.85. The van der Waals surface area contributed by atoms with Crippen LogP contribution in [-0.4, -0.2) is 66.5 Å². The van der Waals surface area contributed by atoms with Crippen molar-refractivity contribution in [1.82, 2.24) is 14.9 Å². The standard InChI is InChI=1S/C32H28ClF4N7O2/c1-42-11-13-43(14-12-42)27-8-6-21(16-25(27)34)40-31-38-18-23-26(41-31)9-10-44(30(23)46)28-17-22(5-7-24(28)33)39-29(45)19-3-2-4-20(15-19)32(35,36)37/h2-8,15-18H,9-14H2,1H3,(H,39,45)(H,38,40,41). The molecule has 0 aliphatic carbocycles.